The molecule has 70 heavy (non-hydrogen) atoms. The van der Waals surface area contributed by atoms with Gasteiger partial charge in [0.25, 0.3) is 0 Å². The maximum atomic E-state index is 15.0. The number of aliphatic hydroxyl groups excluding tert-OH is 2. The highest BCUT2D eigenvalue weighted by Gasteiger charge is 2.66. The van der Waals surface area contributed by atoms with Gasteiger partial charge in [0.1, 0.15) is 42.0 Å². The van der Waals surface area contributed by atoms with Gasteiger partial charge >= 0.3 is 6.09 Å². The third-order valence-corrected chi connectivity index (χ3v) is 13.7. The van der Waals surface area contributed by atoms with Crippen LogP contribution in [0.5, 0.6) is 17.2 Å². The van der Waals surface area contributed by atoms with Gasteiger partial charge in [-0.05, 0) is 110 Å². The molecule has 372 valence electrons. The van der Waals surface area contributed by atoms with Gasteiger partial charge in [-0.15, -0.1) is 6.58 Å². The predicted molar refractivity (Wildman–Crippen MR) is 261 cm³/mol. The van der Waals surface area contributed by atoms with Crippen molar-refractivity contribution >= 4 is 18.1 Å². The van der Waals surface area contributed by atoms with Crippen LogP contribution >= 0.6 is 0 Å². The average molecular weight is 961 g/mol. The minimum absolute atomic E-state index is 0.00325. The normalized spacial score (nSPS) is 24.0. The molecular formula is C56H65FN2O11. The number of hydrogen-bond acceptors (Lipinski definition) is 12. The van der Waals surface area contributed by atoms with Crippen LogP contribution in [-0.2, 0) is 36.9 Å². The van der Waals surface area contributed by atoms with E-state index in [1.807, 2.05) is 48.5 Å². The molecule has 4 aromatic carbocycles. The Bertz CT molecular complexity index is 2410. The lowest BCUT2D eigenvalue weighted by atomic mass is 9.55. The van der Waals surface area contributed by atoms with Crippen molar-refractivity contribution in [2.75, 3.05) is 39.6 Å². The minimum Gasteiger partial charge on any atom is -0.459 e. The standard InChI is InChI=1S/C56H65FN2O11/c1-2-28-67-56-51(59(36-39-20-22-43(57)23-21-39)55(63)66-31-30-64-38-40-13-4-3-5-14-40)35-49(58-70-52-19-8-11-29-65-52)47-33-42(16-6-9-26-60)46(18-7-10-27-61)53(54(47)56)48-34-45(24-25-50(48)69-56)68-44-17-12-15-41(32-44)37-62/h2-5,12-15,17,20-25,32-34,37,42,46,51-54,60-61H,1,6-11,16,18-19,26-31,35-36,38H2/t42-,46+,51-,52?,53+,54+,56+/m0/s1. The fourth-order valence-electron chi connectivity index (χ4n) is 10.5. The Balaban J connectivity index is 1.28. The highest BCUT2D eigenvalue weighted by molar-refractivity contribution is 6.03. The number of amides is 1. The number of allylic oxidation sites excluding steroid dienone is 1. The van der Waals surface area contributed by atoms with Crippen molar-refractivity contribution in [3.05, 3.63) is 149 Å². The number of oxime groups is 1. The molecule has 4 aliphatic rings. The van der Waals surface area contributed by atoms with E-state index in [0.717, 1.165) is 61.5 Å². The van der Waals surface area contributed by atoms with Gasteiger partial charge in [0.05, 0.1) is 38.1 Å². The highest BCUT2D eigenvalue weighted by Crippen LogP contribution is 2.62. The molecule has 0 bridgehead atoms. The maximum absolute atomic E-state index is 15.0. The summed E-state index contributed by atoms with van der Waals surface area (Å²) < 4.78 is 53.5. The Morgan fingerprint density at radius 1 is 0.900 bits per heavy atom. The van der Waals surface area contributed by atoms with Gasteiger partial charge in [-0.1, -0.05) is 84.7 Å². The topological polar surface area (TPSA) is 155 Å². The van der Waals surface area contributed by atoms with E-state index in [-0.39, 0.29) is 63.8 Å². The van der Waals surface area contributed by atoms with E-state index in [1.165, 1.54) is 12.1 Å². The molecule has 0 spiro atoms. The van der Waals surface area contributed by atoms with Crippen LogP contribution in [0.1, 0.15) is 97.2 Å². The van der Waals surface area contributed by atoms with Gasteiger partial charge in [0, 0.05) is 49.6 Å². The van der Waals surface area contributed by atoms with Gasteiger partial charge < -0.3 is 43.5 Å². The molecule has 2 aliphatic heterocycles. The van der Waals surface area contributed by atoms with E-state index < -0.39 is 35.9 Å². The largest absolute Gasteiger partial charge is 0.459 e. The number of benzene rings is 4. The maximum Gasteiger partial charge on any atom is 0.410 e. The smallest absolute Gasteiger partial charge is 0.410 e. The van der Waals surface area contributed by atoms with Gasteiger partial charge in [0.2, 0.25) is 12.1 Å². The summed E-state index contributed by atoms with van der Waals surface area (Å²) in [5.74, 6) is -1.48. The van der Waals surface area contributed by atoms with Crippen LogP contribution in [-0.4, -0.2) is 91.0 Å². The van der Waals surface area contributed by atoms with Crippen molar-refractivity contribution in [1.29, 1.82) is 0 Å². The van der Waals surface area contributed by atoms with Crippen LogP contribution in [0.4, 0.5) is 9.18 Å². The van der Waals surface area contributed by atoms with E-state index in [9.17, 15) is 24.2 Å². The second-order valence-corrected chi connectivity index (χ2v) is 18.4. The van der Waals surface area contributed by atoms with Crippen molar-refractivity contribution in [3.8, 4) is 17.2 Å². The van der Waals surface area contributed by atoms with E-state index in [4.69, 9.17) is 38.4 Å². The monoisotopic (exact) mass is 960 g/mol. The third-order valence-electron chi connectivity index (χ3n) is 13.7. The predicted octanol–water partition coefficient (Wildman–Crippen LogP) is 10.4. The van der Waals surface area contributed by atoms with Gasteiger partial charge in [0.15, 0.2) is 0 Å². The average Bonchev–Trinajstić information content (AvgIpc) is 3.39. The fourth-order valence-corrected chi connectivity index (χ4v) is 10.5. The Morgan fingerprint density at radius 2 is 1.70 bits per heavy atom. The van der Waals surface area contributed by atoms with E-state index in [0.29, 0.717) is 66.6 Å². The number of rotatable bonds is 24. The molecular weight excluding hydrogens is 896 g/mol. The highest BCUT2D eigenvalue weighted by atomic mass is 19.1. The first-order valence-corrected chi connectivity index (χ1v) is 24.7. The lowest BCUT2D eigenvalue weighted by molar-refractivity contribution is -0.256. The molecule has 8 rings (SSSR count). The van der Waals surface area contributed by atoms with Gasteiger partial charge in [-0.2, -0.15) is 0 Å². The molecule has 1 saturated heterocycles. The zero-order chi connectivity index (χ0) is 48.7. The lowest BCUT2D eigenvalue weighted by Gasteiger charge is -2.59. The summed E-state index contributed by atoms with van der Waals surface area (Å²) in [4.78, 5) is 34.6. The summed E-state index contributed by atoms with van der Waals surface area (Å²) in [5.41, 5.74) is 4.42. The molecule has 13 nitrogen and oxygen atoms in total. The van der Waals surface area contributed by atoms with Crippen molar-refractivity contribution in [3.63, 3.8) is 0 Å². The molecule has 2 fully saturated rings. The molecule has 1 amide bonds. The van der Waals surface area contributed by atoms with E-state index in [1.54, 1.807) is 47.4 Å². The van der Waals surface area contributed by atoms with Crippen molar-refractivity contribution in [2.24, 2.45) is 22.9 Å². The first-order valence-electron chi connectivity index (χ1n) is 24.7. The van der Waals surface area contributed by atoms with Crippen molar-refractivity contribution < 1.29 is 57.5 Å². The van der Waals surface area contributed by atoms with Crippen molar-refractivity contribution in [2.45, 2.75) is 101 Å². The summed E-state index contributed by atoms with van der Waals surface area (Å²) in [6, 6.07) is 27.4. The molecule has 2 heterocycles. The molecule has 0 radical (unpaired) electrons. The molecule has 0 aromatic heterocycles. The molecule has 14 heteroatoms. The Kier molecular flexibility index (Phi) is 17.9. The summed E-state index contributed by atoms with van der Waals surface area (Å²) in [5, 5.41) is 25.0. The fraction of sp³-hybridized carbons (Fsp3) is 0.446. The number of unbranched alkanes of at least 4 members (excludes halogenated alkanes) is 2. The lowest BCUT2D eigenvalue weighted by Crippen LogP contribution is -2.70. The Labute approximate surface area is 409 Å². The first kappa shape index (κ1) is 50.5. The van der Waals surface area contributed by atoms with E-state index in [2.05, 4.69) is 12.7 Å². The number of nitrogens with zero attached hydrogens (tertiary/aromatic N) is 2. The molecule has 2 aliphatic carbocycles. The summed E-state index contributed by atoms with van der Waals surface area (Å²) in [6.07, 6.45) is 10.3. The number of halogens is 1. The zero-order valence-corrected chi connectivity index (χ0v) is 39.7. The number of ether oxygens (including phenoxy) is 6. The molecule has 1 saturated carbocycles. The Morgan fingerprint density at radius 3 is 2.46 bits per heavy atom. The van der Waals surface area contributed by atoms with Crippen LogP contribution in [0.3, 0.4) is 0 Å². The Hall–Kier alpha value is -5.90. The second kappa shape index (κ2) is 24.8. The van der Waals surface area contributed by atoms with Crippen LogP contribution in [0.25, 0.3) is 0 Å². The summed E-state index contributed by atoms with van der Waals surface area (Å²) in [6.45, 7) is 5.17. The SMILES string of the molecule is C=CCO[C@@]12Oc3ccc(Oc4cccc(C=O)c4)cc3[C@H]3[C@H](CCCCO)[C@@H](CCCCO)C=C(C(=NOC4CCCCO4)C[C@@H]1N(Cc1ccc(F)cc1)C(=O)OCCOCc1ccccc1)[C@H]32. The first-order chi connectivity index (χ1) is 34.3. The number of aldehydes is 1. The van der Waals surface area contributed by atoms with Crippen LogP contribution in [0.15, 0.2) is 127 Å². The van der Waals surface area contributed by atoms with Gasteiger partial charge in [-0.25, -0.2) is 9.18 Å². The number of aliphatic hydroxyl groups is 2. The minimum atomic E-state index is -1.59. The molecule has 4 aromatic rings. The number of carbonyl (C=O) groups is 2. The van der Waals surface area contributed by atoms with Crippen LogP contribution < -0.4 is 9.47 Å². The van der Waals surface area contributed by atoms with Crippen LogP contribution in [0.2, 0.25) is 0 Å². The quantitative estimate of drug-likeness (QED) is 0.0298. The second-order valence-electron chi connectivity index (χ2n) is 18.4. The number of fused-ring (bicyclic) bond motifs is 2. The van der Waals surface area contributed by atoms with Crippen LogP contribution in [0, 0.1) is 23.6 Å². The summed E-state index contributed by atoms with van der Waals surface area (Å²) in [7, 11) is 0. The molecule has 1 unspecified atom stereocenters. The molecule has 7 atom stereocenters. The van der Waals surface area contributed by atoms with Crippen molar-refractivity contribution in [1.82, 2.24) is 4.90 Å². The van der Waals surface area contributed by atoms with E-state index >= 15 is 0 Å². The summed E-state index contributed by atoms with van der Waals surface area (Å²) >= 11 is 0. The number of carbonyl (C=O) groups excluding carboxylic acids is 2. The molecule has 2 N–H and O–H groups in total. The third kappa shape index (κ3) is 12.2. The zero-order valence-electron chi connectivity index (χ0n) is 39.7. The number of hydrogen-bond donors (Lipinski definition) is 2. The van der Waals surface area contributed by atoms with Gasteiger partial charge in [-0.3, -0.25) is 9.69 Å².